The molecule has 0 spiro atoms. The summed E-state index contributed by atoms with van der Waals surface area (Å²) in [6.45, 7) is 3.94. The van der Waals surface area contributed by atoms with Crippen LogP contribution in [0, 0.1) is 22.0 Å². The number of non-ortho nitro benzene ring substituents is 1. The molecule has 2 amide bonds. The van der Waals surface area contributed by atoms with E-state index in [1.54, 1.807) is 11.8 Å². The molecule has 1 heterocycles. The largest absolute Gasteiger partial charge is 0.481 e. The van der Waals surface area contributed by atoms with Gasteiger partial charge in [-0.1, -0.05) is 13.0 Å². The molecule has 2 N–H and O–H groups in total. The summed E-state index contributed by atoms with van der Waals surface area (Å²) in [6, 6.07) is 4.43. The average molecular weight is 363 g/mol. The van der Waals surface area contributed by atoms with E-state index < -0.39 is 28.8 Å². The van der Waals surface area contributed by atoms with Gasteiger partial charge in [0.2, 0.25) is 5.91 Å². The molecule has 0 aliphatic carbocycles. The van der Waals surface area contributed by atoms with Crippen molar-refractivity contribution in [1.29, 1.82) is 0 Å². The van der Waals surface area contributed by atoms with Crippen molar-refractivity contribution >= 4 is 23.5 Å². The van der Waals surface area contributed by atoms with Gasteiger partial charge in [0.05, 0.1) is 10.8 Å². The molecule has 2 rings (SSSR count). The van der Waals surface area contributed by atoms with Gasteiger partial charge >= 0.3 is 5.97 Å². The number of carbonyl (C=O) groups excluding carboxylic acids is 2. The van der Waals surface area contributed by atoms with E-state index in [1.165, 1.54) is 25.1 Å². The predicted molar refractivity (Wildman–Crippen MR) is 91.5 cm³/mol. The standard InChI is InChI=1S/C17H21N3O6/c1-10-9-19(7-6-14(10)17(23)24)16(22)11(2)18-15(21)12-4-3-5-13(8-12)20(25)26/h3-5,8,10-11,14H,6-7,9H2,1-2H3,(H,18,21)(H,23,24). The van der Waals surface area contributed by atoms with Gasteiger partial charge in [0.25, 0.3) is 11.6 Å². The third-order valence-electron chi connectivity index (χ3n) is 4.57. The van der Waals surface area contributed by atoms with Crippen molar-refractivity contribution in [1.82, 2.24) is 10.2 Å². The van der Waals surface area contributed by atoms with Gasteiger partial charge in [-0.15, -0.1) is 0 Å². The number of hydrogen-bond acceptors (Lipinski definition) is 5. The molecule has 26 heavy (non-hydrogen) atoms. The molecular weight excluding hydrogens is 342 g/mol. The topological polar surface area (TPSA) is 130 Å². The summed E-state index contributed by atoms with van der Waals surface area (Å²) < 4.78 is 0. The second kappa shape index (κ2) is 7.94. The Morgan fingerprint density at radius 3 is 2.65 bits per heavy atom. The Balaban J connectivity index is 1.99. The Hall–Kier alpha value is -2.97. The van der Waals surface area contributed by atoms with Crippen molar-refractivity contribution in [3.8, 4) is 0 Å². The van der Waals surface area contributed by atoms with E-state index >= 15 is 0 Å². The third-order valence-corrected chi connectivity index (χ3v) is 4.57. The van der Waals surface area contributed by atoms with Gasteiger partial charge < -0.3 is 15.3 Å². The number of nitrogens with zero attached hydrogens (tertiary/aromatic N) is 2. The minimum atomic E-state index is -0.864. The number of amides is 2. The van der Waals surface area contributed by atoms with Crippen LogP contribution < -0.4 is 5.32 Å². The number of benzene rings is 1. The second-order valence-corrected chi connectivity index (χ2v) is 6.50. The lowest BCUT2D eigenvalue weighted by molar-refractivity contribution is -0.384. The van der Waals surface area contributed by atoms with Gasteiger partial charge in [0.15, 0.2) is 0 Å². The molecule has 9 nitrogen and oxygen atoms in total. The number of piperidine rings is 1. The Kier molecular flexibility index (Phi) is 5.91. The zero-order valence-corrected chi connectivity index (χ0v) is 14.5. The van der Waals surface area contributed by atoms with E-state index in [1.807, 2.05) is 0 Å². The van der Waals surface area contributed by atoms with Crippen LogP contribution in [0.5, 0.6) is 0 Å². The number of nitrogens with one attached hydrogen (secondary N) is 1. The zero-order chi connectivity index (χ0) is 19.4. The molecule has 1 aliphatic heterocycles. The summed E-state index contributed by atoms with van der Waals surface area (Å²) in [7, 11) is 0. The lowest BCUT2D eigenvalue weighted by Gasteiger charge is -2.36. The first kappa shape index (κ1) is 19.4. The molecule has 1 fully saturated rings. The van der Waals surface area contributed by atoms with E-state index in [-0.39, 0.29) is 23.1 Å². The highest BCUT2D eigenvalue weighted by atomic mass is 16.6. The molecule has 1 aromatic carbocycles. The van der Waals surface area contributed by atoms with Crippen molar-refractivity contribution in [3.63, 3.8) is 0 Å². The molecule has 140 valence electrons. The van der Waals surface area contributed by atoms with Crippen molar-refractivity contribution < 1.29 is 24.4 Å². The molecule has 1 aromatic rings. The minimum absolute atomic E-state index is 0.0943. The van der Waals surface area contributed by atoms with E-state index in [2.05, 4.69) is 5.32 Å². The van der Waals surface area contributed by atoms with Crippen molar-refractivity contribution in [3.05, 3.63) is 39.9 Å². The van der Waals surface area contributed by atoms with Crippen LogP contribution in [0.1, 0.15) is 30.6 Å². The van der Waals surface area contributed by atoms with Crippen LogP contribution in [0.25, 0.3) is 0 Å². The monoisotopic (exact) mass is 363 g/mol. The Morgan fingerprint density at radius 1 is 1.38 bits per heavy atom. The van der Waals surface area contributed by atoms with Crippen LogP contribution in [0.2, 0.25) is 0 Å². The van der Waals surface area contributed by atoms with Crippen molar-refractivity contribution in [2.24, 2.45) is 11.8 Å². The van der Waals surface area contributed by atoms with Crippen LogP contribution >= 0.6 is 0 Å². The fourth-order valence-corrected chi connectivity index (χ4v) is 3.09. The van der Waals surface area contributed by atoms with Gasteiger partial charge in [-0.3, -0.25) is 24.5 Å². The van der Waals surface area contributed by atoms with Crippen LogP contribution in [0.3, 0.4) is 0 Å². The summed E-state index contributed by atoms with van der Waals surface area (Å²) in [4.78, 5) is 47.6. The summed E-state index contributed by atoms with van der Waals surface area (Å²) in [6.07, 6.45) is 0.369. The lowest BCUT2D eigenvalue weighted by Crippen LogP contribution is -2.52. The second-order valence-electron chi connectivity index (χ2n) is 6.50. The van der Waals surface area contributed by atoms with Crippen molar-refractivity contribution in [2.75, 3.05) is 13.1 Å². The Labute approximate surface area is 150 Å². The molecule has 1 aliphatic rings. The molecule has 1 saturated heterocycles. The van der Waals surface area contributed by atoms with E-state index in [9.17, 15) is 24.5 Å². The molecule has 9 heteroatoms. The van der Waals surface area contributed by atoms with Gasteiger partial charge in [0.1, 0.15) is 6.04 Å². The number of aliphatic carboxylic acids is 1. The molecule has 0 bridgehead atoms. The number of rotatable bonds is 5. The maximum Gasteiger partial charge on any atom is 0.306 e. The van der Waals surface area contributed by atoms with Crippen LogP contribution in [0.15, 0.2) is 24.3 Å². The average Bonchev–Trinajstić information content (AvgIpc) is 2.60. The quantitative estimate of drug-likeness (QED) is 0.599. The maximum absolute atomic E-state index is 12.5. The zero-order valence-electron chi connectivity index (χ0n) is 14.5. The van der Waals surface area contributed by atoms with Gasteiger partial charge in [-0.05, 0) is 25.3 Å². The summed E-state index contributed by atoms with van der Waals surface area (Å²) in [5.41, 5.74) is -0.113. The van der Waals surface area contributed by atoms with Gasteiger partial charge in [-0.25, -0.2) is 0 Å². The first-order chi connectivity index (χ1) is 12.2. The maximum atomic E-state index is 12.5. The minimum Gasteiger partial charge on any atom is -0.481 e. The fraction of sp³-hybridized carbons (Fsp3) is 0.471. The number of hydrogen-bond donors (Lipinski definition) is 2. The molecule has 0 radical (unpaired) electrons. The first-order valence-corrected chi connectivity index (χ1v) is 8.27. The predicted octanol–water partition coefficient (Wildman–Crippen LogP) is 1.28. The summed E-state index contributed by atoms with van der Waals surface area (Å²) in [5.74, 6) is -2.40. The normalized spacial score (nSPS) is 20.9. The van der Waals surface area contributed by atoms with Gasteiger partial charge in [-0.2, -0.15) is 0 Å². The molecular formula is C17H21N3O6. The number of carbonyl (C=O) groups is 3. The number of carboxylic acid groups (broad SMARTS) is 1. The fourth-order valence-electron chi connectivity index (χ4n) is 3.09. The molecule has 3 unspecified atom stereocenters. The van der Waals surface area contributed by atoms with Crippen molar-refractivity contribution in [2.45, 2.75) is 26.3 Å². The molecule has 3 atom stereocenters. The number of carboxylic acids is 1. The summed E-state index contributed by atoms with van der Waals surface area (Å²) >= 11 is 0. The Morgan fingerprint density at radius 2 is 2.08 bits per heavy atom. The van der Waals surface area contributed by atoms with E-state index in [0.29, 0.717) is 19.5 Å². The SMILES string of the molecule is CC(NC(=O)c1cccc([N+](=O)[O-])c1)C(=O)N1CCC(C(=O)O)C(C)C1. The highest BCUT2D eigenvalue weighted by Gasteiger charge is 2.34. The van der Waals surface area contributed by atoms with E-state index in [0.717, 1.165) is 6.07 Å². The first-order valence-electron chi connectivity index (χ1n) is 8.27. The highest BCUT2D eigenvalue weighted by molar-refractivity contribution is 5.97. The van der Waals surface area contributed by atoms with Gasteiger partial charge in [0, 0.05) is 30.8 Å². The number of likely N-dealkylation sites (tertiary alicyclic amines) is 1. The third kappa shape index (κ3) is 4.35. The van der Waals surface area contributed by atoms with Crippen LogP contribution in [-0.4, -0.2) is 51.8 Å². The smallest absolute Gasteiger partial charge is 0.306 e. The molecule has 0 aromatic heterocycles. The lowest BCUT2D eigenvalue weighted by atomic mass is 9.87. The number of nitro groups is 1. The van der Waals surface area contributed by atoms with Crippen LogP contribution in [0.4, 0.5) is 5.69 Å². The van der Waals surface area contributed by atoms with Crippen LogP contribution in [-0.2, 0) is 9.59 Å². The summed E-state index contributed by atoms with van der Waals surface area (Å²) in [5, 5.41) is 22.5. The Bertz CT molecular complexity index is 735. The van der Waals surface area contributed by atoms with E-state index in [4.69, 9.17) is 5.11 Å². The molecule has 0 saturated carbocycles. The number of nitro benzene ring substituents is 1. The highest BCUT2D eigenvalue weighted by Crippen LogP contribution is 2.24.